The Bertz CT molecular complexity index is 2760. The Morgan fingerprint density at radius 3 is 2.19 bits per heavy atom. The van der Waals surface area contributed by atoms with Gasteiger partial charge in [-0.1, -0.05) is 81.4 Å². The number of thiophene rings is 1. The average Bonchev–Trinajstić information content (AvgIpc) is 4.08. The number of fused-ring (bicyclic) bond motifs is 3. The van der Waals surface area contributed by atoms with E-state index in [1.54, 1.807) is 28.4 Å². The number of nitrogens with zero attached hydrogens (tertiary/aromatic N) is 6. The fraction of sp³-hybridized carbons (Fsp3) is 0.347. The first-order chi connectivity index (χ1) is 30.6. The highest BCUT2D eigenvalue weighted by Crippen LogP contribution is 2.40. The Kier molecular flexibility index (Phi) is 12.2. The monoisotopic (exact) mass is 880 g/mol. The van der Waals surface area contributed by atoms with Crippen molar-refractivity contribution in [3.05, 3.63) is 129 Å². The number of aromatic nitrogens is 4. The maximum absolute atomic E-state index is 14.2. The lowest BCUT2D eigenvalue weighted by molar-refractivity contribution is -0.142. The molecule has 1 fully saturated rings. The molecule has 5 heterocycles. The van der Waals surface area contributed by atoms with E-state index >= 15 is 0 Å². The summed E-state index contributed by atoms with van der Waals surface area (Å²) in [5.74, 6) is 0.737. The first kappa shape index (κ1) is 43.9. The Labute approximate surface area is 376 Å². The quantitative estimate of drug-likeness (QED) is 0.123. The number of likely N-dealkylation sites (tertiary alicyclic amines) is 1. The van der Waals surface area contributed by atoms with Crippen LogP contribution in [0.5, 0.6) is 0 Å². The number of aliphatic imine (C=N–C) groups is 1. The summed E-state index contributed by atoms with van der Waals surface area (Å²) >= 11 is 1.65. The van der Waals surface area contributed by atoms with Crippen molar-refractivity contribution < 1.29 is 28.3 Å². The summed E-state index contributed by atoms with van der Waals surface area (Å²) in [5.41, 5.74) is 7.94. The molecule has 0 bridgehead atoms. The zero-order valence-corrected chi connectivity index (χ0v) is 38.1. The molecule has 330 valence electrons. The SMILES string of the molecule is COC(=O)CC1N=C(c2ccc(-c3ccc(C(=O)NC(C(=O)N4CCCC4C(=O)NCc4ccc(-c5ocnc5C)cc4)C(C)(C)C)cc3)cc2)c2c(sc(C)c2C)-n2c(C)nnc21. The van der Waals surface area contributed by atoms with Crippen LogP contribution in [0.4, 0.5) is 0 Å². The van der Waals surface area contributed by atoms with Gasteiger partial charge >= 0.3 is 5.97 Å². The third-order valence-electron chi connectivity index (χ3n) is 12.1. The lowest BCUT2D eigenvalue weighted by Gasteiger charge is -2.35. The number of nitrogens with one attached hydrogen (secondary N) is 2. The van der Waals surface area contributed by atoms with Gasteiger partial charge in [-0.2, -0.15) is 0 Å². The zero-order valence-electron chi connectivity index (χ0n) is 37.3. The number of benzene rings is 3. The highest BCUT2D eigenvalue weighted by Gasteiger charge is 2.42. The molecule has 14 nitrogen and oxygen atoms in total. The number of aryl methyl sites for hydroxylation is 3. The van der Waals surface area contributed by atoms with Crippen LogP contribution in [0.3, 0.4) is 0 Å². The molecule has 15 heteroatoms. The maximum atomic E-state index is 14.2. The average molecular weight is 881 g/mol. The first-order valence-corrected chi connectivity index (χ1v) is 22.2. The summed E-state index contributed by atoms with van der Waals surface area (Å²) < 4.78 is 12.5. The van der Waals surface area contributed by atoms with Crippen molar-refractivity contribution in [3.63, 3.8) is 0 Å². The van der Waals surface area contributed by atoms with Gasteiger partial charge in [0.05, 0.1) is 24.9 Å². The van der Waals surface area contributed by atoms with Crippen molar-refractivity contribution in [2.24, 2.45) is 10.4 Å². The van der Waals surface area contributed by atoms with E-state index in [2.05, 4.69) is 39.7 Å². The first-order valence-electron chi connectivity index (χ1n) is 21.4. The van der Waals surface area contributed by atoms with E-state index in [1.807, 2.05) is 99.8 Å². The molecule has 1 saturated heterocycles. The summed E-state index contributed by atoms with van der Waals surface area (Å²) in [6.45, 7) is 14.4. The molecule has 3 aromatic heterocycles. The summed E-state index contributed by atoms with van der Waals surface area (Å²) in [7, 11) is 1.37. The Morgan fingerprint density at radius 1 is 0.891 bits per heavy atom. The van der Waals surface area contributed by atoms with Gasteiger partial charge in [-0.3, -0.25) is 28.7 Å². The van der Waals surface area contributed by atoms with Crippen molar-refractivity contribution in [2.45, 2.75) is 92.4 Å². The number of amides is 3. The third kappa shape index (κ3) is 8.64. The van der Waals surface area contributed by atoms with Gasteiger partial charge in [-0.05, 0) is 80.3 Å². The molecular formula is C49H52N8O6S. The molecule has 2 aliphatic heterocycles. The second kappa shape index (κ2) is 17.8. The van der Waals surface area contributed by atoms with Crippen LogP contribution in [-0.2, 0) is 25.7 Å². The highest BCUT2D eigenvalue weighted by molar-refractivity contribution is 7.15. The van der Waals surface area contributed by atoms with Gasteiger partial charge < -0.3 is 24.7 Å². The topological polar surface area (TPSA) is 174 Å². The van der Waals surface area contributed by atoms with Crippen molar-refractivity contribution >= 4 is 40.7 Å². The van der Waals surface area contributed by atoms with Crippen molar-refractivity contribution in [1.29, 1.82) is 0 Å². The molecule has 0 spiro atoms. The Balaban J connectivity index is 0.948. The molecule has 0 aliphatic carbocycles. The minimum absolute atomic E-state index is 0.0208. The molecule has 6 aromatic rings. The number of oxazole rings is 1. The number of carbonyl (C=O) groups is 4. The molecule has 64 heavy (non-hydrogen) atoms. The maximum Gasteiger partial charge on any atom is 0.308 e. The van der Waals surface area contributed by atoms with Crippen molar-refractivity contribution in [3.8, 4) is 27.5 Å². The van der Waals surface area contributed by atoms with E-state index in [4.69, 9.17) is 14.1 Å². The largest absolute Gasteiger partial charge is 0.469 e. The van der Waals surface area contributed by atoms with Gasteiger partial charge in [0, 0.05) is 40.2 Å². The van der Waals surface area contributed by atoms with Gasteiger partial charge in [0.1, 0.15) is 29.0 Å². The molecule has 3 atom stereocenters. The lowest BCUT2D eigenvalue weighted by atomic mass is 9.85. The highest BCUT2D eigenvalue weighted by atomic mass is 32.1. The summed E-state index contributed by atoms with van der Waals surface area (Å²) in [6.07, 6.45) is 2.66. The van der Waals surface area contributed by atoms with Crippen LogP contribution >= 0.6 is 11.3 Å². The van der Waals surface area contributed by atoms with Crippen LogP contribution < -0.4 is 10.6 Å². The molecule has 2 N–H and O–H groups in total. The minimum Gasteiger partial charge on any atom is -0.469 e. The minimum atomic E-state index is -0.873. The number of hydrogen-bond acceptors (Lipinski definition) is 11. The Hall–Kier alpha value is -6.74. The standard InChI is InChI=1S/C49H52N8O6S/c1-27-29(3)64-48-40(27)41(52-37(24-39(58)62-8)44-55-54-30(4)57(44)48)34-19-15-32(16-20-34)33-17-21-36(22-18-33)45(59)53-43(49(5,6)7)47(61)56-23-9-10-38(56)46(60)50-25-31-11-13-35(14-12-31)42-28(2)51-26-63-42/h11-22,26,37-38,43H,9-10,23-25H2,1-8H3,(H,50,60)(H,53,59). The molecule has 8 rings (SSSR count). The third-order valence-corrected chi connectivity index (χ3v) is 13.3. The van der Waals surface area contributed by atoms with E-state index in [1.165, 1.54) is 13.5 Å². The molecule has 2 aliphatic rings. The fourth-order valence-electron chi connectivity index (χ4n) is 8.39. The summed E-state index contributed by atoms with van der Waals surface area (Å²) in [4.78, 5) is 66.2. The van der Waals surface area contributed by atoms with Crippen LogP contribution in [0.15, 0.2) is 88.6 Å². The van der Waals surface area contributed by atoms with Crippen LogP contribution in [0.25, 0.3) is 27.5 Å². The molecule has 3 unspecified atom stereocenters. The van der Waals surface area contributed by atoms with Gasteiger partial charge in [0.25, 0.3) is 5.91 Å². The molecule has 0 saturated carbocycles. The predicted octanol–water partition coefficient (Wildman–Crippen LogP) is 7.79. The number of rotatable bonds is 11. The number of carbonyl (C=O) groups excluding carboxylic acids is 4. The normalized spacial score (nSPS) is 16.3. The molecule has 0 radical (unpaired) electrons. The van der Waals surface area contributed by atoms with Crippen LogP contribution in [-0.4, -0.2) is 79.8 Å². The zero-order chi connectivity index (χ0) is 45.4. The molecule has 3 aromatic carbocycles. The predicted molar refractivity (Wildman–Crippen MR) is 244 cm³/mol. The van der Waals surface area contributed by atoms with E-state index < -0.39 is 23.5 Å². The van der Waals surface area contributed by atoms with E-state index in [9.17, 15) is 19.2 Å². The molecular weight excluding hydrogens is 829 g/mol. The van der Waals surface area contributed by atoms with Gasteiger partial charge in [0.15, 0.2) is 18.0 Å². The smallest absolute Gasteiger partial charge is 0.308 e. The number of esters is 1. The lowest BCUT2D eigenvalue weighted by Crippen LogP contribution is -2.57. The fourth-order valence-corrected chi connectivity index (χ4v) is 9.61. The summed E-state index contributed by atoms with van der Waals surface area (Å²) in [5, 5.41) is 15.8. The van der Waals surface area contributed by atoms with Crippen LogP contribution in [0.1, 0.15) is 101 Å². The van der Waals surface area contributed by atoms with E-state index in [0.717, 1.165) is 60.2 Å². The van der Waals surface area contributed by atoms with Crippen molar-refractivity contribution in [1.82, 2.24) is 35.3 Å². The van der Waals surface area contributed by atoms with E-state index in [-0.39, 0.29) is 30.1 Å². The Morgan fingerprint density at radius 2 is 1.55 bits per heavy atom. The number of ether oxygens (including phenoxy) is 1. The van der Waals surface area contributed by atoms with Gasteiger partial charge in [-0.15, -0.1) is 21.5 Å². The van der Waals surface area contributed by atoms with Crippen molar-refractivity contribution in [2.75, 3.05) is 13.7 Å². The van der Waals surface area contributed by atoms with Gasteiger partial charge in [0.2, 0.25) is 11.8 Å². The number of methoxy groups -OCH3 is 1. The summed E-state index contributed by atoms with van der Waals surface area (Å²) in [6, 6.07) is 21.0. The van der Waals surface area contributed by atoms with Crippen LogP contribution in [0.2, 0.25) is 0 Å². The second-order valence-electron chi connectivity index (χ2n) is 17.5. The molecule has 3 amide bonds. The number of hydrogen-bond donors (Lipinski definition) is 2. The van der Waals surface area contributed by atoms with Crippen LogP contribution in [0, 0.1) is 33.1 Å². The van der Waals surface area contributed by atoms with Gasteiger partial charge in [-0.25, -0.2) is 4.98 Å². The van der Waals surface area contributed by atoms with E-state index in [0.29, 0.717) is 48.9 Å². The second-order valence-corrected chi connectivity index (χ2v) is 18.7.